The third-order valence-electron chi connectivity index (χ3n) is 6.39. The highest BCUT2D eigenvalue weighted by Crippen LogP contribution is 2.28. The molecule has 0 aliphatic rings. The zero-order chi connectivity index (χ0) is 25.6. The molecule has 0 atom stereocenters. The molecule has 38 heavy (non-hydrogen) atoms. The van der Waals surface area contributed by atoms with Crippen LogP contribution < -0.4 is 4.74 Å². The Morgan fingerprint density at radius 3 is 2.37 bits per heavy atom. The standard InChI is InChI=1S/C31H27FN2O3.ClH/c32-25-9-14-28(15-10-25)37-21-23-4-12-27(13-5-23)34-20-24(8-11-26-3-1-2-18-33-26)29-19-22(6-16-30(29)34)7-17-31(35)36;/h1-6,9-10,12-16,18-20H,7-8,11,17,21H2,(H,35,36);1H. The van der Waals surface area contributed by atoms with Crippen LogP contribution in [0.1, 0.15) is 28.8 Å². The molecule has 0 unspecified atom stereocenters. The van der Waals surface area contributed by atoms with Crippen LogP contribution in [0.5, 0.6) is 5.75 Å². The summed E-state index contributed by atoms with van der Waals surface area (Å²) in [5.74, 6) is -0.460. The quantitative estimate of drug-likeness (QED) is 0.212. The molecular formula is C31H28ClFN2O3. The minimum Gasteiger partial charge on any atom is -0.489 e. The van der Waals surface area contributed by atoms with Crippen molar-refractivity contribution in [2.75, 3.05) is 0 Å². The van der Waals surface area contributed by atoms with Crippen LogP contribution in [0, 0.1) is 5.82 Å². The molecule has 2 aromatic heterocycles. The summed E-state index contributed by atoms with van der Waals surface area (Å²) in [5, 5.41) is 10.2. The number of aliphatic carboxylic acids is 1. The molecule has 0 fully saturated rings. The van der Waals surface area contributed by atoms with Gasteiger partial charge in [0.2, 0.25) is 0 Å². The van der Waals surface area contributed by atoms with Crippen molar-refractivity contribution in [1.82, 2.24) is 9.55 Å². The third-order valence-corrected chi connectivity index (χ3v) is 6.39. The van der Waals surface area contributed by atoms with Gasteiger partial charge in [-0.25, -0.2) is 4.39 Å². The van der Waals surface area contributed by atoms with Crippen molar-refractivity contribution in [3.63, 3.8) is 0 Å². The van der Waals surface area contributed by atoms with E-state index < -0.39 is 5.97 Å². The van der Waals surface area contributed by atoms with Crippen molar-refractivity contribution in [3.05, 3.63) is 126 Å². The van der Waals surface area contributed by atoms with E-state index in [1.807, 2.05) is 42.6 Å². The monoisotopic (exact) mass is 530 g/mol. The van der Waals surface area contributed by atoms with Crippen molar-refractivity contribution < 1.29 is 19.0 Å². The van der Waals surface area contributed by atoms with Crippen molar-refractivity contribution in [2.45, 2.75) is 32.3 Å². The number of pyridine rings is 1. The molecule has 0 radical (unpaired) electrons. The van der Waals surface area contributed by atoms with E-state index in [1.54, 1.807) is 12.1 Å². The predicted molar refractivity (Wildman–Crippen MR) is 149 cm³/mol. The van der Waals surface area contributed by atoms with Crippen molar-refractivity contribution in [1.29, 1.82) is 0 Å². The molecule has 5 rings (SSSR count). The number of hydrogen-bond acceptors (Lipinski definition) is 3. The number of carboxylic acid groups (broad SMARTS) is 1. The molecule has 2 heterocycles. The summed E-state index contributed by atoms with van der Waals surface area (Å²) in [4.78, 5) is 15.5. The van der Waals surface area contributed by atoms with E-state index in [-0.39, 0.29) is 24.6 Å². The average Bonchev–Trinajstić information content (AvgIpc) is 3.29. The molecule has 5 nitrogen and oxygen atoms in total. The smallest absolute Gasteiger partial charge is 0.303 e. The van der Waals surface area contributed by atoms with Gasteiger partial charge in [0.05, 0.1) is 5.52 Å². The molecule has 194 valence electrons. The van der Waals surface area contributed by atoms with Crippen LogP contribution in [-0.2, 0) is 30.7 Å². The van der Waals surface area contributed by atoms with Gasteiger partial charge in [-0.3, -0.25) is 9.78 Å². The number of halogens is 2. The average molecular weight is 531 g/mol. The molecule has 0 aliphatic carbocycles. The van der Waals surface area contributed by atoms with Crippen LogP contribution in [0.3, 0.4) is 0 Å². The highest BCUT2D eigenvalue weighted by atomic mass is 35.5. The minimum atomic E-state index is -0.795. The maximum atomic E-state index is 13.1. The normalized spacial score (nSPS) is 10.8. The van der Waals surface area contributed by atoms with Gasteiger partial charge in [0.1, 0.15) is 18.2 Å². The second-order valence-corrected chi connectivity index (χ2v) is 9.00. The first kappa shape index (κ1) is 26.9. The molecule has 1 N–H and O–H groups in total. The Morgan fingerprint density at radius 1 is 0.895 bits per heavy atom. The minimum absolute atomic E-state index is 0. The zero-order valence-electron chi connectivity index (χ0n) is 20.7. The molecule has 3 aromatic carbocycles. The van der Waals surface area contributed by atoms with Gasteiger partial charge >= 0.3 is 5.97 Å². The summed E-state index contributed by atoms with van der Waals surface area (Å²) in [7, 11) is 0. The third kappa shape index (κ3) is 6.58. The van der Waals surface area contributed by atoms with Gasteiger partial charge in [0, 0.05) is 35.6 Å². The highest BCUT2D eigenvalue weighted by molar-refractivity contribution is 5.86. The first-order valence-corrected chi connectivity index (χ1v) is 12.3. The Morgan fingerprint density at radius 2 is 1.66 bits per heavy atom. The van der Waals surface area contributed by atoms with E-state index in [1.165, 1.54) is 17.7 Å². The highest BCUT2D eigenvalue weighted by Gasteiger charge is 2.12. The lowest BCUT2D eigenvalue weighted by Crippen LogP contribution is -1.98. The maximum absolute atomic E-state index is 13.1. The molecule has 0 spiro atoms. The number of ether oxygens (including phenoxy) is 1. The molecule has 0 aliphatic heterocycles. The molecule has 0 amide bonds. The largest absolute Gasteiger partial charge is 0.489 e. The van der Waals surface area contributed by atoms with Gasteiger partial charge in [-0.1, -0.05) is 24.3 Å². The number of rotatable bonds is 10. The van der Waals surface area contributed by atoms with Gasteiger partial charge in [-0.2, -0.15) is 0 Å². The van der Waals surface area contributed by atoms with Gasteiger partial charge in [-0.05, 0) is 96.6 Å². The van der Waals surface area contributed by atoms with Crippen molar-refractivity contribution >= 4 is 29.3 Å². The maximum Gasteiger partial charge on any atom is 0.303 e. The van der Waals surface area contributed by atoms with Gasteiger partial charge in [0.15, 0.2) is 0 Å². The second-order valence-electron chi connectivity index (χ2n) is 9.00. The van der Waals surface area contributed by atoms with Crippen molar-refractivity contribution in [3.8, 4) is 11.4 Å². The van der Waals surface area contributed by atoms with Crippen LogP contribution in [-0.4, -0.2) is 20.6 Å². The Labute approximate surface area is 227 Å². The van der Waals surface area contributed by atoms with E-state index >= 15 is 0 Å². The summed E-state index contributed by atoms with van der Waals surface area (Å²) in [5.41, 5.74) is 6.36. The first-order valence-electron chi connectivity index (χ1n) is 12.3. The Kier molecular flexibility index (Phi) is 8.77. The molecule has 5 aromatic rings. The van der Waals surface area contributed by atoms with Crippen LogP contribution in [0.25, 0.3) is 16.6 Å². The summed E-state index contributed by atoms with van der Waals surface area (Å²) < 4.78 is 21.1. The SMILES string of the molecule is Cl.O=C(O)CCc1ccc2c(c1)c(CCc1ccccn1)cn2-c1ccc(COc2ccc(F)cc2)cc1. The molecule has 0 saturated heterocycles. The summed E-state index contributed by atoms with van der Waals surface area (Å²) >= 11 is 0. The molecular weight excluding hydrogens is 503 g/mol. The van der Waals surface area contributed by atoms with Crippen LogP contribution in [0.15, 0.2) is 97.3 Å². The summed E-state index contributed by atoms with van der Waals surface area (Å²) in [6, 6.07) is 26.3. The first-order chi connectivity index (χ1) is 18.0. The number of carboxylic acids is 1. The fourth-order valence-electron chi connectivity index (χ4n) is 4.42. The fourth-order valence-corrected chi connectivity index (χ4v) is 4.42. The Balaban J connectivity index is 0.00000336. The lowest BCUT2D eigenvalue weighted by atomic mass is 10.0. The summed E-state index contributed by atoms with van der Waals surface area (Å²) in [6.45, 7) is 0.389. The van der Waals surface area contributed by atoms with Gasteiger partial charge < -0.3 is 14.4 Å². The summed E-state index contributed by atoms with van der Waals surface area (Å²) in [6.07, 6.45) is 6.23. The van der Waals surface area contributed by atoms with Crippen molar-refractivity contribution in [2.24, 2.45) is 0 Å². The lowest BCUT2D eigenvalue weighted by molar-refractivity contribution is -0.136. The van der Waals surface area contributed by atoms with Crippen LogP contribution >= 0.6 is 12.4 Å². The molecule has 0 saturated carbocycles. The van der Waals surface area contributed by atoms with Crippen LogP contribution in [0.4, 0.5) is 4.39 Å². The van der Waals surface area contributed by atoms with Gasteiger partial charge in [0.25, 0.3) is 0 Å². The molecule has 7 heteroatoms. The number of aromatic nitrogens is 2. The van der Waals surface area contributed by atoms with E-state index in [9.17, 15) is 9.18 Å². The van der Waals surface area contributed by atoms with E-state index in [2.05, 4.69) is 40.0 Å². The van der Waals surface area contributed by atoms with Crippen LogP contribution in [0.2, 0.25) is 0 Å². The van der Waals surface area contributed by atoms with E-state index in [0.717, 1.165) is 46.3 Å². The Hall–Kier alpha value is -4.16. The fraction of sp³-hybridized carbons (Fsp3) is 0.161. The molecule has 0 bridgehead atoms. The lowest BCUT2D eigenvalue weighted by Gasteiger charge is -2.09. The number of aryl methyl sites for hydroxylation is 3. The van der Waals surface area contributed by atoms with E-state index in [4.69, 9.17) is 9.84 Å². The number of carbonyl (C=O) groups is 1. The zero-order valence-corrected chi connectivity index (χ0v) is 21.5. The Bertz CT molecular complexity index is 1500. The predicted octanol–water partition coefficient (Wildman–Crippen LogP) is 6.97. The number of hydrogen-bond donors (Lipinski definition) is 1. The topological polar surface area (TPSA) is 64.3 Å². The van der Waals surface area contributed by atoms with Gasteiger partial charge in [-0.15, -0.1) is 12.4 Å². The number of fused-ring (bicyclic) bond motifs is 1. The second kappa shape index (κ2) is 12.4. The number of nitrogens with zero attached hydrogens (tertiary/aromatic N) is 2. The van der Waals surface area contributed by atoms with E-state index in [0.29, 0.717) is 18.8 Å². The number of benzene rings is 3.